The molecule has 0 atom stereocenters. The van der Waals surface area contributed by atoms with E-state index in [1.807, 2.05) is 55.5 Å². The summed E-state index contributed by atoms with van der Waals surface area (Å²) in [7, 11) is 0. The van der Waals surface area contributed by atoms with E-state index in [2.05, 4.69) is 26.2 Å². The number of halogens is 1. The molecule has 0 radical (unpaired) electrons. The van der Waals surface area contributed by atoms with Crippen LogP contribution in [0.4, 0.5) is 5.69 Å². The molecule has 1 heterocycles. The van der Waals surface area contributed by atoms with E-state index in [4.69, 9.17) is 0 Å². The highest BCUT2D eigenvalue weighted by molar-refractivity contribution is 9.10. The number of carbonyl (C=O) groups is 1. The van der Waals surface area contributed by atoms with Crippen LogP contribution in [0.5, 0.6) is 0 Å². The van der Waals surface area contributed by atoms with Crippen LogP contribution in [-0.2, 0) is 0 Å². The van der Waals surface area contributed by atoms with E-state index in [9.17, 15) is 4.79 Å². The molecule has 0 aliphatic heterocycles. The molecular formula is C16H13BrN2O. The number of fused-ring (bicyclic) bond motifs is 1. The molecule has 0 aliphatic rings. The van der Waals surface area contributed by atoms with E-state index < -0.39 is 0 Å². The number of H-pyrrole nitrogens is 1. The zero-order chi connectivity index (χ0) is 14.1. The number of benzene rings is 2. The number of rotatable bonds is 2. The molecule has 100 valence electrons. The van der Waals surface area contributed by atoms with Gasteiger partial charge in [0.15, 0.2) is 0 Å². The van der Waals surface area contributed by atoms with Gasteiger partial charge in [0, 0.05) is 21.1 Å². The smallest absolute Gasteiger partial charge is 0.272 e. The molecule has 0 saturated carbocycles. The monoisotopic (exact) mass is 328 g/mol. The number of amides is 1. The van der Waals surface area contributed by atoms with Crippen LogP contribution in [0.1, 0.15) is 16.1 Å². The van der Waals surface area contributed by atoms with Crippen molar-refractivity contribution in [1.29, 1.82) is 0 Å². The van der Waals surface area contributed by atoms with Crippen molar-refractivity contribution < 1.29 is 4.79 Å². The van der Waals surface area contributed by atoms with Gasteiger partial charge in [-0.15, -0.1) is 0 Å². The lowest BCUT2D eigenvalue weighted by molar-refractivity contribution is 0.102. The summed E-state index contributed by atoms with van der Waals surface area (Å²) < 4.78 is 1.03. The normalized spacial score (nSPS) is 10.7. The molecule has 1 amide bonds. The van der Waals surface area contributed by atoms with E-state index in [1.54, 1.807) is 0 Å². The Morgan fingerprint density at radius 3 is 2.70 bits per heavy atom. The van der Waals surface area contributed by atoms with Gasteiger partial charge >= 0.3 is 0 Å². The van der Waals surface area contributed by atoms with Crippen LogP contribution < -0.4 is 5.32 Å². The van der Waals surface area contributed by atoms with E-state index in [0.717, 1.165) is 26.6 Å². The predicted molar refractivity (Wildman–Crippen MR) is 85.1 cm³/mol. The largest absolute Gasteiger partial charge is 0.351 e. The summed E-state index contributed by atoms with van der Waals surface area (Å²) in [5.41, 5.74) is 3.39. The van der Waals surface area contributed by atoms with Crippen molar-refractivity contribution in [2.24, 2.45) is 0 Å². The Bertz CT molecular complexity index is 759. The quantitative estimate of drug-likeness (QED) is 0.715. The van der Waals surface area contributed by atoms with Crippen LogP contribution in [0.25, 0.3) is 10.9 Å². The van der Waals surface area contributed by atoms with Crippen molar-refractivity contribution >= 4 is 38.4 Å². The first kappa shape index (κ1) is 12.9. The Kier molecular flexibility index (Phi) is 3.32. The second kappa shape index (κ2) is 5.13. The molecular weight excluding hydrogens is 316 g/mol. The Morgan fingerprint density at radius 2 is 1.95 bits per heavy atom. The van der Waals surface area contributed by atoms with E-state index >= 15 is 0 Å². The van der Waals surface area contributed by atoms with E-state index in [-0.39, 0.29) is 5.91 Å². The predicted octanol–water partition coefficient (Wildman–Crippen LogP) is 4.49. The van der Waals surface area contributed by atoms with Crippen molar-refractivity contribution in [3.63, 3.8) is 0 Å². The lowest BCUT2D eigenvalue weighted by Gasteiger charge is -2.05. The van der Waals surface area contributed by atoms with Gasteiger partial charge in [0.25, 0.3) is 5.91 Å². The van der Waals surface area contributed by atoms with Crippen LogP contribution in [0.2, 0.25) is 0 Å². The lowest BCUT2D eigenvalue weighted by atomic mass is 10.2. The zero-order valence-corrected chi connectivity index (χ0v) is 12.5. The number of aromatic nitrogens is 1. The maximum atomic E-state index is 12.2. The van der Waals surface area contributed by atoms with Gasteiger partial charge < -0.3 is 10.3 Å². The molecule has 1 aromatic heterocycles. The number of aromatic amines is 1. The van der Waals surface area contributed by atoms with Crippen LogP contribution in [-0.4, -0.2) is 10.9 Å². The van der Waals surface area contributed by atoms with Gasteiger partial charge in [0.2, 0.25) is 0 Å². The average molecular weight is 329 g/mol. The number of anilines is 1. The molecule has 3 nitrogen and oxygen atoms in total. The molecule has 0 fully saturated rings. The highest BCUT2D eigenvalue weighted by Crippen LogP contribution is 2.21. The Balaban J connectivity index is 1.86. The molecule has 2 N–H and O–H groups in total. The molecule has 2 aromatic carbocycles. The number of aryl methyl sites for hydroxylation is 1. The fraction of sp³-hybridized carbons (Fsp3) is 0.0625. The first-order chi connectivity index (χ1) is 9.63. The lowest BCUT2D eigenvalue weighted by Crippen LogP contribution is -2.12. The fourth-order valence-corrected chi connectivity index (χ4v) is 2.36. The summed E-state index contributed by atoms with van der Waals surface area (Å²) in [6.07, 6.45) is 0. The van der Waals surface area contributed by atoms with Crippen molar-refractivity contribution in [1.82, 2.24) is 4.98 Å². The van der Waals surface area contributed by atoms with Crippen molar-refractivity contribution in [3.8, 4) is 0 Å². The number of para-hydroxylation sites is 1. The van der Waals surface area contributed by atoms with Crippen molar-refractivity contribution in [3.05, 3.63) is 64.3 Å². The molecule has 0 saturated heterocycles. The molecule has 4 heteroatoms. The number of hydrogen-bond acceptors (Lipinski definition) is 1. The standard InChI is InChI=1S/C16H13BrN2O/c1-10-8-12(6-7-13(10)17)18-16(20)15-9-11-4-2-3-5-14(11)19-15/h2-9,19H,1H3,(H,18,20). The Morgan fingerprint density at radius 1 is 1.15 bits per heavy atom. The van der Waals surface area contributed by atoms with Gasteiger partial charge in [-0.1, -0.05) is 34.1 Å². The maximum Gasteiger partial charge on any atom is 0.272 e. The van der Waals surface area contributed by atoms with Crippen LogP contribution in [0, 0.1) is 6.92 Å². The maximum absolute atomic E-state index is 12.2. The highest BCUT2D eigenvalue weighted by atomic mass is 79.9. The molecule has 20 heavy (non-hydrogen) atoms. The van der Waals surface area contributed by atoms with E-state index in [0.29, 0.717) is 5.69 Å². The average Bonchev–Trinajstić information content (AvgIpc) is 2.87. The summed E-state index contributed by atoms with van der Waals surface area (Å²) in [6.45, 7) is 1.99. The third-order valence-electron chi connectivity index (χ3n) is 3.19. The second-order valence-electron chi connectivity index (χ2n) is 4.69. The molecule has 0 spiro atoms. The van der Waals surface area contributed by atoms with Crippen LogP contribution >= 0.6 is 15.9 Å². The number of hydrogen-bond donors (Lipinski definition) is 2. The molecule has 0 aliphatic carbocycles. The van der Waals surface area contributed by atoms with Gasteiger partial charge in [-0.05, 0) is 42.8 Å². The topological polar surface area (TPSA) is 44.9 Å². The highest BCUT2D eigenvalue weighted by Gasteiger charge is 2.09. The summed E-state index contributed by atoms with van der Waals surface area (Å²) in [6, 6.07) is 15.4. The minimum absolute atomic E-state index is 0.136. The summed E-state index contributed by atoms with van der Waals surface area (Å²) in [4.78, 5) is 15.3. The fourth-order valence-electron chi connectivity index (χ4n) is 2.12. The minimum atomic E-state index is -0.136. The van der Waals surface area contributed by atoms with Gasteiger partial charge in [-0.3, -0.25) is 4.79 Å². The number of nitrogens with one attached hydrogen (secondary N) is 2. The number of carbonyl (C=O) groups excluding carboxylic acids is 1. The first-order valence-electron chi connectivity index (χ1n) is 6.29. The molecule has 3 aromatic rings. The van der Waals surface area contributed by atoms with Gasteiger partial charge in [-0.2, -0.15) is 0 Å². The van der Waals surface area contributed by atoms with Crippen molar-refractivity contribution in [2.45, 2.75) is 6.92 Å². The Hall–Kier alpha value is -2.07. The third-order valence-corrected chi connectivity index (χ3v) is 4.08. The van der Waals surface area contributed by atoms with Crippen molar-refractivity contribution in [2.75, 3.05) is 5.32 Å². The molecule has 3 rings (SSSR count). The van der Waals surface area contributed by atoms with Crippen LogP contribution in [0.3, 0.4) is 0 Å². The van der Waals surface area contributed by atoms with Crippen LogP contribution in [0.15, 0.2) is 53.0 Å². The van der Waals surface area contributed by atoms with Gasteiger partial charge in [-0.25, -0.2) is 0 Å². The van der Waals surface area contributed by atoms with E-state index in [1.165, 1.54) is 0 Å². The summed E-state index contributed by atoms with van der Waals surface area (Å²) in [5.74, 6) is -0.136. The summed E-state index contributed by atoms with van der Waals surface area (Å²) >= 11 is 3.44. The third kappa shape index (κ3) is 2.47. The SMILES string of the molecule is Cc1cc(NC(=O)c2cc3ccccc3[nH]2)ccc1Br. The van der Waals surface area contributed by atoms with Gasteiger partial charge in [0.1, 0.15) is 5.69 Å². The summed E-state index contributed by atoms with van der Waals surface area (Å²) in [5, 5.41) is 3.93. The van der Waals surface area contributed by atoms with Gasteiger partial charge in [0.05, 0.1) is 0 Å². The second-order valence-corrected chi connectivity index (χ2v) is 5.54. The molecule has 0 bridgehead atoms. The zero-order valence-electron chi connectivity index (χ0n) is 10.9. The first-order valence-corrected chi connectivity index (χ1v) is 7.08. The Labute approximate surface area is 125 Å². The minimum Gasteiger partial charge on any atom is -0.351 e. The molecule has 0 unspecified atom stereocenters.